The highest BCUT2D eigenvalue weighted by atomic mass is 16.2. The minimum Gasteiger partial charge on any atom is -0.365 e. The van der Waals surface area contributed by atoms with E-state index in [1.54, 1.807) is 4.90 Å². The Bertz CT molecular complexity index is 717. The van der Waals surface area contributed by atoms with E-state index in [4.69, 9.17) is 5.73 Å². The second-order valence-corrected chi connectivity index (χ2v) is 9.14. The van der Waals surface area contributed by atoms with E-state index < -0.39 is 11.5 Å². The molecule has 1 heterocycles. The zero-order chi connectivity index (χ0) is 19.8. The van der Waals surface area contributed by atoms with Gasteiger partial charge in [0.15, 0.2) is 5.78 Å². The van der Waals surface area contributed by atoms with Crippen LogP contribution in [0.4, 0.5) is 11.4 Å². The first-order valence-corrected chi connectivity index (χ1v) is 10.2. The molecule has 5 nitrogen and oxygen atoms in total. The first kappa shape index (κ1) is 19.9. The molecule has 148 valence electrons. The molecule has 2 N–H and O–H groups in total. The molecule has 1 aliphatic carbocycles. The maximum atomic E-state index is 13.1. The summed E-state index contributed by atoms with van der Waals surface area (Å²) < 4.78 is 0. The molecule has 5 heteroatoms. The lowest BCUT2D eigenvalue weighted by molar-refractivity contribution is -0.127. The van der Waals surface area contributed by atoms with E-state index in [9.17, 15) is 9.59 Å². The number of anilines is 2. The lowest BCUT2D eigenvalue weighted by atomic mass is 9.90. The van der Waals surface area contributed by atoms with Gasteiger partial charge in [-0.3, -0.25) is 9.59 Å². The van der Waals surface area contributed by atoms with Gasteiger partial charge in [-0.05, 0) is 37.5 Å². The number of hydrogen-bond acceptors (Lipinski definition) is 4. The molecule has 3 rings (SSSR count). The molecule has 1 saturated carbocycles. The van der Waals surface area contributed by atoms with E-state index in [0.29, 0.717) is 12.6 Å². The molecule has 0 bridgehead atoms. The van der Waals surface area contributed by atoms with Gasteiger partial charge in [0.25, 0.3) is 0 Å². The summed E-state index contributed by atoms with van der Waals surface area (Å²) in [4.78, 5) is 29.8. The Kier molecular flexibility index (Phi) is 5.61. The Morgan fingerprint density at radius 2 is 1.81 bits per heavy atom. The van der Waals surface area contributed by atoms with Crippen molar-refractivity contribution in [3.63, 3.8) is 0 Å². The number of benzene rings is 1. The average molecular weight is 372 g/mol. The zero-order valence-electron chi connectivity index (χ0n) is 17.1. The number of amides is 1. The van der Waals surface area contributed by atoms with Crippen LogP contribution in [-0.4, -0.2) is 36.9 Å². The van der Waals surface area contributed by atoms with Crippen LogP contribution in [0.15, 0.2) is 18.2 Å². The van der Waals surface area contributed by atoms with E-state index in [-0.39, 0.29) is 18.2 Å². The Hall–Kier alpha value is -1.88. The fourth-order valence-electron chi connectivity index (χ4n) is 4.08. The number of nitrogens with zero attached hydrogens (tertiary/aromatic N) is 2. The van der Waals surface area contributed by atoms with E-state index in [2.05, 4.69) is 17.0 Å². The largest absolute Gasteiger partial charge is 0.365 e. The summed E-state index contributed by atoms with van der Waals surface area (Å²) in [6, 6.07) is 6.00. The number of carbonyl (C=O) groups is 2. The highest BCUT2D eigenvalue weighted by Crippen LogP contribution is 2.38. The number of nitrogens with two attached hydrogens (primary N) is 1. The molecular weight excluding hydrogens is 338 g/mol. The summed E-state index contributed by atoms with van der Waals surface area (Å²) in [5.41, 5.74) is 8.77. The first-order chi connectivity index (χ1) is 12.7. The number of hydrogen-bond donors (Lipinski definition) is 1. The van der Waals surface area contributed by atoms with Crippen molar-refractivity contribution in [3.05, 3.63) is 23.8 Å². The van der Waals surface area contributed by atoms with Crippen molar-refractivity contribution < 1.29 is 9.59 Å². The quantitative estimate of drug-likeness (QED) is 0.884. The Labute approximate surface area is 162 Å². The SMILES string of the molecule is Cc1ccc2c(c1)N(CC(=O)C(C)(C)C)C(=O)C(N)CN2C1CCCCC1. The second kappa shape index (κ2) is 7.63. The maximum Gasteiger partial charge on any atom is 0.246 e. The predicted molar refractivity (Wildman–Crippen MR) is 110 cm³/mol. The molecular formula is C22H33N3O2. The van der Waals surface area contributed by atoms with Crippen molar-refractivity contribution in [1.29, 1.82) is 0 Å². The second-order valence-electron chi connectivity index (χ2n) is 9.14. The monoisotopic (exact) mass is 371 g/mol. The van der Waals surface area contributed by atoms with Gasteiger partial charge >= 0.3 is 0 Å². The highest BCUT2D eigenvalue weighted by molar-refractivity contribution is 6.06. The highest BCUT2D eigenvalue weighted by Gasteiger charge is 2.37. The Morgan fingerprint density at radius 1 is 1.15 bits per heavy atom. The van der Waals surface area contributed by atoms with Gasteiger partial charge in [-0.2, -0.15) is 0 Å². The third-order valence-corrected chi connectivity index (χ3v) is 5.86. The molecule has 1 aromatic rings. The third kappa shape index (κ3) is 4.18. The van der Waals surface area contributed by atoms with Crippen LogP contribution in [0.25, 0.3) is 0 Å². The van der Waals surface area contributed by atoms with Crippen LogP contribution >= 0.6 is 0 Å². The van der Waals surface area contributed by atoms with E-state index in [1.165, 1.54) is 19.3 Å². The minimum absolute atomic E-state index is 0.0432. The molecule has 0 radical (unpaired) electrons. The molecule has 1 atom stereocenters. The van der Waals surface area contributed by atoms with Crippen molar-refractivity contribution >= 4 is 23.1 Å². The van der Waals surface area contributed by atoms with Gasteiger partial charge in [0, 0.05) is 18.0 Å². The summed E-state index contributed by atoms with van der Waals surface area (Å²) in [6.45, 7) is 8.28. The van der Waals surface area contributed by atoms with Gasteiger partial charge in [0.1, 0.15) is 6.04 Å². The molecule has 1 fully saturated rings. The van der Waals surface area contributed by atoms with Crippen LogP contribution in [0, 0.1) is 12.3 Å². The zero-order valence-corrected chi connectivity index (χ0v) is 17.1. The topological polar surface area (TPSA) is 66.6 Å². The van der Waals surface area contributed by atoms with Gasteiger partial charge in [-0.25, -0.2) is 0 Å². The van der Waals surface area contributed by atoms with Crippen LogP contribution in [0.1, 0.15) is 58.4 Å². The molecule has 1 unspecified atom stereocenters. The van der Waals surface area contributed by atoms with Gasteiger partial charge in [-0.1, -0.05) is 46.1 Å². The van der Waals surface area contributed by atoms with E-state index >= 15 is 0 Å². The van der Waals surface area contributed by atoms with Crippen LogP contribution in [0.5, 0.6) is 0 Å². The Morgan fingerprint density at radius 3 is 2.44 bits per heavy atom. The van der Waals surface area contributed by atoms with E-state index in [0.717, 1.165) is 29.8 Å². The molecule has 1 aliphatic heterocycles. The smallest absolute Gasteiger partial charge is 0.246 e. The number of aryl methyl sites for hydroxylation is 1. The fraction of sp³-hybridized carbons (Fsp3) is 0.636. The molecule has 27 heavy (non-hydrogen) atoms. The predicted octanol–water partition coefficient (Wildman–Crippen LogP) is 3.42. The normalized spacial score (nSPS) is 21.8. The molecule has 0 saturated heterocycles. The van der Waals surface area contributed by atoms with Gasteiger partial charge in [0.2, 0.25) is 5.91 Å². The van der Waals surface area contributed by atoms with Gasteiger partial charge < -0.3 is 15.5 Å². The van der Waals surface area contributed by atoms with Crippen molar-refractivity contribution in [2.24, 2.45) is 11.1 Å². The van der Waals surface area contributed by atoms with Gasteiger partial charge in [-0.15, -0.1) is 0 Å². The lowest BCUT2D eigenvalue weighted by Gasteiger charge is -2.37. The minimum atomic E-state index is -0.618. The number of rotatable bonds is 3. The van der Waals surface area contributed by atoms with Crippen LogP contribution in [-0.2, 0) is 9.59 Å². The summed E-state index contributed by atoms with van der Waals surface area (Å²) in [6.07, 6.45) is 5.99. The first-order valence-electron chi connectivity index (χ1n) is 10.2. The summed E-state index contributed by atoms with van der Waals surface area (Å²) in [5.74, 6) is -0.112. The maximum absolute atomic E-state index is 13.1. The number of fused-ring (bicyclic) bond motifs is 1. The number of ketones is 1. The fourth-order valence-corrected chi connectivity index (χ4v) is 4.08. The lowest BCUT2D eigenvalue weighted by Crippen LogP contribution is -2.51. The molecule has 0 spiro atoms. The number of Topliss-reactive ketones (excluding diaryl/α,β-unsaturated/α-hetero) is 1. The van der Waals surface area contributed by atoms with Crippen molar-refractivity contribution in [3.8, 4) is 0 Å². The molecule has 0 aromatic heterocycles. The van der Waals surface area contributed by atoms with Crippen molar-refractivity contribution in [1.82, 2.24) is 0 Å². The molecule has 1 amide bonds. The van der Waals surface area contributed by atoms with Crippen LogP contribution < -0.4 is 15.5 Å². The standard InChI is InChI=1S/C22H33N3O2/c1-15-10-11-18-19(12-15)25(14-20(26)22(2,3)4)21(27)17(23)13-24(18)16-8-6-5-7-9-16/h10-12,16-17H,5-9,13-14,23H2,1-4H3. The van der Waals surface area contributed by atoms with Crippen LogP contribution in [0.2, 0.25) is 0 Å². The number of carbonyl (C=O) groups excluding carboxylic acids is 2. The van der Waals surface area contributed by atoms with E-state index in [1.807, 2.05) is 33.8 Å². The molecule has 2 aliphatic rings. The average Bonchev–Trinajstić information content (AvgIpc) is 2.72. The van der Waals surface area contributed by atoms with Crippen LogP contribution in [0.3, 0.4) is 0 Å². The van der Waals surface area contributed by atoms with Gasteiger partial charge in [0.05, 0.1) is 17.9 Å². The third-order valence-electron chi connectivity index (χ3n) is 5.86. The van der Waals surface area contributed by atoms with Crippen molar-refractivity contribution in [2.75, 3.05) is 22.9 Å². The Balaban J connectivity index is 2.03. The summed E-state index contributed by atoms with van der Waals surface area (Å²) in [5, 5.41) is 0. The summed E-state index contributed by atoms with van der Waals surface area (Å²) in [7, 11) is 0. The van der Waals surface area contributed by atoms with Crippen molar-refractivity contribution in [2.45, 2.75) is 71.9 Å². The summed E-state index contributed by atoms with van der Waals surface area (Å²) >= 11 is 0. The molecule has 1 aromatic carbocycles.